The first-order chi connectivity index (χ1) is 9.22. The Morgan fingerprint density at radius 1 is 1.11 bits per heavy atom. The molecular formula is C16H12BrNO. The lowest BCUT2D eigenvalue weighted by atomic mass is 10.0. The fourth-order valence-electron chi connectivity index (χ4n) is 1.68. The van der Waals surface area contributed by atoms with Crippen molar-refractivity contribution in [3.05, 3.63) is 64.1 Å². The van der Waals surface area contributed by atoms with Crippen molar-refractivity contribution in [3.8, 4) is 11.8 Å². The SMILES string of the molecule is COc1ccc(/C=C(/C#N)c2ccc(Br)cc2)cc1. The summed E-state index contributed by atoms with van der Waals surface area (Å²) in [6.07, 6.45) is 1.86. The normalized spacial score (nSPS) is 10.9. The standard InChI is InChI=1S/C16H12BrNO/c1-19-16-8-2-12(3-9-16)10-14(11-18)13-4-6-15(17)7-5-13/h2-10H,1H3/b14-10-. The average molecular weight is 314 g/mol. The number of benzene rings is 2. The number of halogens is 1. The summed E-state index contributed by atoms with van der Waals surface area (Å²) < 4.78 is 6.11. The molecule has 0 aliphatic heterocycles. The van der Waals surface area contributed by atoms with Gasteiger partial charge in [-0.3, -0.25) is 0 Å². The van der Waals surface area contributed by atoms with Gasteiger partial charge in [-0.05, 0) is 41.5 Å². The van der Waals surface area contributed by atoms with Gasteiger partial charge in [0.15, 0.2) is 0 Å². The Bertz CT molecular complexity index is 621. The molecule has 0 spiro atoms. The average Bonchev–Trinajstić information content (AvgIpc) is 2.46. The summed E-state index contributed by atoms with van der Waals surface area (Å²) in [4.78, 5) is 0. The zero-order chi connectivity index (χ0) is 13.7. The van der Waals surface area contributed by atoms with Crippen LogP contribution in [0.25, 0.3) is 11.6 Å². The highest BCUT2D eigenvalue weighted by Gasteiger charge is 2.01. The van der Waals surface area contributed by atoms with Gasteiger partial charge in [0.05, 0.1) is 18.8 Å². The van der Waals surface area contributed by atoms with E-state index >= 15 is 0 Å². The van der Waals surface area contributed by atoms with Crippen molar-refractivity contribution in [2.24, 2.45) is 0 Å². The monoisotopic (exact) mass is 313 g/mol. The van der Waals surface area contributed by atoms with Gasteiger partial charge in [0, 0.05) is 4.47 Å². The number of ether oxygens (including phenoxy) is 1. The van der Waals surface area contributed by atoms with E-state index in [1.54, 1.807) is 7.11 Å². The topological polar surface area (TPSA) is 33.0 Å². The maximum absolute atomic E-state index is 9.26. The minimum absolute atomic E-state index is 0.637. The molecule has 0 saturated heterocycles. The molecule has 2 rings (SSSR count). The fraction of sp³-hybridized carbons (Fsp3) is 0.0625. The lowest BCUT2D eigenvalue weighted by Gasteiger charge is -2.02. The van der Waals surface area contributed by atoms with Gasteiger partial charge in [-0.25, -0.2) is 0 Å². The number of methoxy groups -OCH3 is 1. The molecule has 0 fully saturated rings. The molecule has 94 valence electrons. The second kappa shape index (κ2) is 6.21. The second-order valence-electron chi connectivity index (χ2n) is 3.95. The summed E-state index contributed by atoms with van der Waals surface area (Å²) in [5.74, 6) is 0.805. The van der Waals surface area contributed by atoms with Gasteiger partial charge in [0.2, 0.25) is 0 Å². The maximum Gasteiger partial charge on any atom is 0.118 e. The Kier molecular flexibility index (Phi) is 4.38. The summed E-state index contributed by atoms with van der Waals surface area (Å²) in [5, 5.41) is 9.26. The van der Waals surface area contributed by atoms with E-state index in [4.69, 9.17) is 4.74 Å². The molecule has 0 N–H and O–H groups in total. The van der Waals surface area contributed by atoms with Crippen molar-refractivity contribution >= 4 is 27.6 Å². The van der Waals surface area contributed by atoms with Crippen LogP contribution in [0.1, 0.15) is 11.1 Å². The van der Waals surface area contributed by atoms with Crippen LogP contribution < -0.4 is 4.74 Å². The number of allylic oxidation sites excluding steroid dienone is 1. The molecule has 0 atom stereocenters. The van der Waals surface area contributed by atoms with E-state index in [0.717, 1.165) is 21.3 Å². The Morgan fingerprint density at radius 3 is 2.26 bits per heavy atom. The highest BCUT2D eigenvalue weighted by molar-refractivity contribution is 9.10. The van der Waals surface area contributed by atoms with E-state index in [1.165, 1.54) is 0 Å². The van der Waals surface area contributed by atoms with E-state index in [2.05, 4.69) is 22.0 Å². The Balaban J connectivity index is 2.33. The van der Waals surface area contributed by atoms with Crippen molar-refractivity contribution < 1.29 is 4.74 Å². The molecule has 0 bridgehead atoms. The summed E-state index contributed by atoms with van der Waals surface area (Å²) in [6.45, 7) is 0. The van der Waals surface area contributed by atoms with E-state index in [-0.39, 0.29) is 0 Å². The molecular weight excluding hydrogens is 302 g/mol. The van der Waals surface area contributed by atoms with Crippen LogP contribution in [-0.4, -0.2) is 7.11 Å². The highest BCUT2D eigenvalue weighted by Crippen LogP contribution is 2.21. The highest BCUT2D eigenvalue weighted by atomic mass is 79.9. The van der Waals surface area contributed by atoms with Gasteiger partial charge in [-0.2, -0.15) is 5.26 Å². The predicted octanol–water partition coefficient (Wildman–Crippen LogP) is 4.52. The van der Waals surface area contributed by atoms with Gasteiger partial charge in [-0.1, -0.05) is 40.2 Å². The molecule has 0 amide bonds. The third-order valence-electron chi connectivity index (χ3n) is 2.70. The van der Waals surface area contributed by atoms with Gasteiger partial charge in [0.25, 0.3) is 0 Å². The van der Waals surface area contributed by atoms with Crippen LogP contribution in [0.15, 0.2) is 53.0 Å². The lowest BCUT2D eigenvalue weighted by molar-refractivity contribution is 0.415. The summed E-state index contributed by atoms with van der Waals surface area (Å²) in [5.41, 5.74) is 2.51. The van der Waals surface area contributed by atoms with Crippen molar-refractivity contribution in [3.63, 3.8) is 0 Å². The summed E-state index contributed by atoms with van der Waals surface area (Å²) in [6, 6.07) is 17.5. The first-order valence-electron chi connectivity index (χ1n) is 5.75. The summed E-state index contributed by atoms with van der Waals surface area (Å²) >= 11 is 3.38. The van der Waals surface area contributed by atoms with Crippen LogP contribution in [0.2, 0.25) is 0 Å². The molecule has 2 nitrogen and oxygen atoms in total. The fourth-order valence-corrected chi connectivity index (χ4v) is 1.94. The molecule has 0 aliphatic carbocycles. The van der Waals surface area contributed by atoms with Crippen LogP contribution in [0, 0.1) is 11.3 Å². The van der Waals surface area contributed by atoms with E-state index in [1.807, 2.05) is 54.6 Å². The second-order valence-corrected chi connectivity index (χ2v) is 4.87. The minimum Gasteiger partial charge on any atom is -0.497 e. The third-order valence-corrected chi connectivity index (χ3v) is 3.23. The molecule has 0 radical (unpaired) electrons. The lowest BCUT2D eigenvalue weighted by Crippen LogP contribution is -1.84. The molecule has 19 heavy (non-hydrogen) atoms. The number of rotatable bonds is 3. The molecule has 0 unspecified atom stereocenters. The van der Waals surface area contributed by atoms with E-state index < -0.39 is 0 Å². The van der Waals surface area contributed by atoms with Crippen LogP contribution in [0.4, 0.5) is 0 Å². The molecule has 3 heteroatoms. The maximum atomic E-state index is 9.26. The first-order valence-corrected chi connectivity index (χ1v) is 6.54. The number of nitriles is 1. The number of hydrogen-bond donors (Lipinski definition) is 0. The van der Waals surface area contributed by atoms with Crippen molar-refractivity contribution in [2.75, 3.05) is 7.11 Å². The van der Waals surface area contributed by atoms with Crippen molar-refractivity contribution in [2.45, 2.75) is 0 Å². The zero-order valence-corrected chi connectivity index (χ0v) is 12.0. The van der Waals surface area contributed by atoms with Crippen molar-refractivity contribution in [1.29, 1.82) is 5.26 Å². The smallest absolute Gasteiger partial charge is 0.118 e. The summed E-state index contributed by atoms with van der Waals surface area (Å²) in [7, 11) is 1.63. The molecule has 0 aliphatic rings. The van der Waals surface area contributed by atoms with Gasteiger partial charge < -0.3 is 4.74 Å². The van der Waals surface area contributed by atoms with Gasteiger partial charge in [-0.15, -0.1) is 0 Å². The van der Waals surface area contributed by atoms with Crippen LogP contribution >= 0.6 is 15.9 Å². The van der Waals surface area contributed by atoms with Gasteiger partial charge >= 0.3 is 0 Å². The van der Waals surface area contributed by atoms with Gasteiger partial charge in [0.1, 0.15) is 5.75 Å². The van der Waals surface area contributed by atoms with Crippen LogP contribution in [0.5, 0.6) is 5.75 Å². The zero-order valence-electron chi connectivity index (χ0n) is 10.4. The Labute approximate surface area is 121 Å². The van der Waals surface area contributed by atoms with E-state index in [0.29, 0.717) is 5.57 Å². The first kappa shape index (κ1) is 13.4. The van der Waals surface area contributed by atoms with Crippen LogP contribution in [0.3, 0.4) is 0 Å². The molecule has 2 aromatic carbocycles. The Morgan fingerprint density at radius 2 is 1.74 bits per heavy atom. The number of hydrogen-bond acceptors (Lipinski definition) is 2. The molecule has 0 aromatic heterocycles. The predicted molar refractivity (Wildman–Crippen MR) is 80.6 cm³/mol. The largest absolute Gasteiger partial charge is 0.497 e. The molecule has 0 saturated carbocycles. The quantitative estimate of drug-likeness (QED) is 0.616. The third kappa shape index (κ3) is 3.46. The van der Waals surface area contributed by atoms with Crippen molar-refractivity contribution in [1.82, 2.24) is 0 Å². The molecule has 0 heterocycles. The molecule has 2 aromatic rings. The minimum atomic E-state index is 0.637. The Hall–Kier alpha value is -2.05. The van der Waals surface area contributed by atoms with Crippen LogP contribution in [-0.2, 0) is 0 Å². The number of nitrogens with zero attached hydrogens (tertiary/aromatic N) is 1. The van der Waals surface area contributed by atoms with E-state index in [9.17, 15) is 5.26 Å².